The second-order valence-corrected chi connectivity index (χ2v) is 4.75. The fourth-order valence-corrected chi connectivity index (χ4v) is 2.50. The summed E-state index contributed by atoms with van der Waals surface area (Å²) in [5.74, 6) is 0.228. The van der Waals surface area contributed by atoms with E-state index in [-0.39, 0.29) is 5.92 Å². The van der Waals surface area contributed by atoms with Gasteiger partial charge in [0, 0.05) is 13.2 Å². The monoisotopic (exact) mass is 224 g/mol. The first-order chi connectivity index (χ1) is 7.68. The number of aromatic nitrogens is 2. The number of aliphatic hydroxyl groups is 2. The molecular weight excluding hydrogens is 204 g/mol. The van der Waals surface area contributed by atoms with Crippen LogP contribution in [0.3, 0.4) is 0 Å². The molecule has 1 heterocycles. The molecule has 1 aliphatic rings. The lowest BCUT2D eigenvalue weighted by Crippen LogP contribution is -2.29. The van der Waals surface area contributed by atoms with E-state index in [0.29, 0.717) is 5.69 Å². The zero-order chi connectivity index (χ0) is 11.5. The van der Waals surface area contributed by atoms with E-state index in [0.717, 1.165) is 25.7 Å². The molecule has 0 aliphatic heterocycles. The van der Waals surface area contributed by atoms with Crippen LogP contribution >= 0.6 is 0 Å². The van der Waals surface area contributed by atoms with Crippen LogP contribution in [0.15, 0.2) is 12.3 Å². The van der Waals surface area contributed by atoms with E-state index in [1.165, 1.54) is 6.42 Å². The summed E-state index contributed by atoms with van der Waals surface area (Å²) in [5, 5.41) is 24.3. The third-order valence-corrected chi connectivity index (χ3v) is 3.49. The van der Waals surface area contributed by atoms with Crippen LogP contribution in [0.4, 0.5) is 0 Å². The van der Waals surface area contributed by atoms with Crippen LogP contribution in [-0.4, -0.2) is 26.1 Å². The standard InChI is InChI=1S/C12H20N2O2/c1-14-8-7-10(13-14)12(16)11(15)9-5-3-2-4-6-9/h7-9,11-12,15-16H,2-6H2,1H3. The van der Waals surface area contributed by atoms with Gasteiger partial charge in [0.05, 0.1) is 11.8 Å². The number of nitrogens with zero attached hydrogens (tertiary/aromatic N) is 2. The van der Waals surface area contributed by atoms with Gasteiger partial charge in [0.1, 0.15) is 6.10 Å². The summed E-state index contributed by atoms with van der Waals surface area (Å²) in [6.07, 6.45) is 5.89. The van der Waals surface area contributed by atoms with E-state index >= 15 is 0 Å². The topological polar surface area (TPSA) is 58.3 Å². The van der Waals surface area contributed by atoms with E-state index in [4.69, 9.17) is 0 Å². The maximum absolute atomic E-state index is 10.1. The Morgan fingerprint density at radius 3 is 2.56 bits per heavy atom. The quantitative estimate of drug-likeness (QED) is 0.815. The first-order valence-electron chi connectivity index (χ1n) is 6.04. The van der Waals surface area contributed by atoms with Gasteiger partial charge in [0.25, 0.3) is 0 Å². The Morgan fingerprint density at radius 2 is 2.00 bits per heavy atom. The molecule has 0 aromatic carbocycles. The lowest BCUT2D eigenvalue weighted by molar-refractivity contribution is -0.0307. The Bertz CT molecular complexity index is 332. The number of aryl methyl sites for hydroxylation is 1. The third-order valence-electron chi connectivity index (χ3n) is 3.49. The lowest BCUT2D eigenvalue weighted by Gasteiger charge is -2.28. The van der Waals surface area contributed by atoms with Crippen molar-refractivity contribution in [2.75, 3.05) is 0 Å². The number of rotatable bonds is 3. The maximum Gasteiger partial charge on any atom is 0.124 e. The molecule has 2 atom stereocenters. The minimum Gasteiger partial charge on any atom is -0.390 e. The second kappa shape index (κ2) is 4.97. The molecule has 2 rings (SSSR count). The van der Waals surface area contributed by atoms with Gasteiger partial charge in [-0.2, -0.15) is 5.10 Å². The SMILES string of the molecule is Cn1ccc(C(O)C(O)C2CCCCC2)n1. The van der Waals surface area contributed by atoms with Crippen LogP contribution in [0.25, 0.3) is 0 Å². The molecule has 4 nitrogen and oxygen atoms in total. The van der Waals surface area contributed by atoms with Gasteiger partial charge in [-0.1, -0.05) is 19.3 Å². The van der Waals surface area contributed by atoms with Crippen LogP contribution in [0.2, 0.25) is 0 Å². The fourth-order valence-electron chi connectivity index (χ4n) is 2.50. The Morgan fingerprint density at radius 1 is 1.31 bits per heavy atom. The first kappa shape index (κ1) is 11.6. The molecule has 1 aromatic heterocycles. The zero-order valence-corrected chi connectivity index (χ0v) is 9.71. The summed E-state index contributed by atoms with van der Waals surface area (Å²) in [7, 11) is 1.81. The van der Waals surface area contributed by atoms with Crippen molar-refractivity contribution in [1.29, 1.82) is 0 Å². The highest BCUT2D eigenvalue weighted by Crippen LogP contribution is 2.31. The predicted octanol–water partition coefficient (Wildman–Crippen LogP) is 1.39. The van der Waals surface area contributed by atoms with E-state index < -0.39 is 12.2 Å². The molecule has 0 saturated heterocycles. The second-order valence-electron chi connectivity index (χ2n) is 4.75. The van der Waals surface area contributed by atoms with Crippen molar-refractivity contribution >= 4 is 0 Å². The van der Waals surface area contributed by atoms with Crippen molar-refractivity contribution in [2.24, 2.45) is 13.0 Å². The highest BCUT2D eigenvalue weighted by molar-refractivity contribution is 5.05. The Labute approximate surface area is 95.9 Å². The zero-order valence-electron chi connectivity index (χ0n) is 9.71. The minimum absolute atomic E-state index is 0.228. The fraction of sp³-hybridized carbons (Fsp3) is 0.750. The molecule has 1 aromatic rings. The average Bonchev–Trinajstić information content (AvgIpc) is 2.75. The first-order valence-corrected chi connectivity index (χ1v) is 6.04. The van der Waals surface area contributed by atoms with E-state index in [1.54, 1.807) is 16.9 Å². The van der Waals surface area contributed by atoms with Gasteiger partial charge in [0.15, 0.2) is 0 Å². The Balaban J connectivity index is 2.00. The Kier molecular flexibility index (Phi) is 3.61. The normalized spacial score (nSPS) is 21.9. The van der Waals surface area contributed by atoms with Crippen molar-refractivity contribution in [3.63, 3.8) is 0 Å². The largest absolute Gasteiger partial charge is 0.390 e. The molecule has 1 aliphatic carbocycles. The van der Waals surface area contributed by atoms with Gasteiger partial charge in [-0.15, -0.1) is 0 Å². The molecule has 2 unspecified atom stereocenters. The van der Waals surface area contributed by atoms with Crippen molar-refractivity contribution in [3.05, 3.63) is 18.0 Å². The predicted molar refractivity (Wildman–Crippen MR) is 60.7 cm³/mol. The van der Waals surface area contributed by atoms with Gasteiger partial charge in [-0.25, -0.2) is 0 Å². The molecule has 16 heavy (non-hydrogen) atoms. The minimum atomic E-state index is -0.843. The summed E-state index contributed by atoms with van der Waals surface area (Å²) < 4.78 is 1.64. The lowest BCUT2D eigenvalue weighted by atomic mass is 9.83. The third kappa shape index (κ3) is 2.44. The van der Waals surface area contributed by atoms with Crippen molar-refractivity contribution in [2.45, 2.75) is 44.3 Å². The van der Waals surface area contributed by atoms with Crippen molar-refractivity contribution < 1.29 is 10.2 Å². The maximum atomic E-state index is 10.1. The summed E-state index contributed by atoms with van der Waals surface area (Å²) in [5.41, 5.74) is 0.570. The van der Waals surface area contributed by atoms with Crippen LogP contribution in [0.5, 0.6) is 0 Å². The van der Waals surface area contributed by atoms with Crippen molar-refractivity contribution in [1.82, 2.24) is 9.78 Å². The van der Waals surface area contributed by atoms with E-state index in [1.807, 2.05) is 7.05 Å². The van der Waals surface area contributed by atoms with E-state index in [9.17, 15) is 10.2 Å². The summed E-state index contributed by atoms with van der Waals surface area (Å²) in [6, 6.07) is 1.76. The molecule has 1 saturated carbocycles. The van der Waals surface area contributed by atoms with Gasteiger partial charge in [-0.05, 0) is 24.8 Å². The molecule has 4 heteroatoms. The molecule has 0 amide bonds. The van der Waals surface area contributed by atoms with Crippen LogP contribution in [0.1, 0.15) is 43.9 Å². The molecule has 2 N–H and O–H groups in total. The van der Waals surface area contributed by atoms with Crippen LogP contribution < -0.4 is 0 Å². The number of hydrogen-bond acceptors (Lipinski definition) is 3. The summed E-state index contributed by atoms with van der Waals surface area (Å²) in [4.78, 5) is 0. The summed E-state index contributed by atoms with van der Waals surface area (Å²) >= 11 is 0. The molecular formula is C12H20N2O2. The van der Waals surface area contributed by atoms with Crippen LogP contribution in [0, 0.1) is 5.92 Å². The highest BCUT2D eigenvalue weighted by Gasteiger charge is 2.29. The Hall–Kier alpha value is -0.870. The number of hydrogen-bond donors (Lipinski definition) is 2. The highest BCUT2D eigenvalue weighted by atomic mass is 16.3. The van der Waals surface area contributed by atoms with Crippen LogP contribution in [-0.2, 0) is 7.05 Å². The van der Waals surface area contributed by atoms with Crippen molar-refractivity contribution in [3.8, 4) is 0 Å². The molecule has 0 bridgehead atoms. The number of aliphatic hydroxyl groups excluding tert-OH is 2. The molecule has 1 fully saturated rings. The van der Waals surface area contributed by atoms with Gasteiger partial charge in [-0.3, -0.25) is 4.68 Å². The molecule has 0 spiro atoms. The van der Waals surface area contributed by atoms with Gasteiger partial charge >= 0.3 is 0 Å². The average molecular weight is 224 g/mol. The summed E-state index contributed by atoms with van der Waals surface area (Å²) in [6.45, 7) is 0. The van der Waals surface area contributed by atoms with Gasteiger partial charge in [0.2, 0.25) is 0 Å². The smallest absolute Gasteiger partial charge is 0.124 e. The molecule has 0 radical (unpaired) electrons. The van der Waals surface area contributed by atoms with Gasteiger partial charge < -0.3 is 10.2 Å². The molecule has 90 valence electrons. The van der Waals surface area contributed by atoms with E-state index in [2.05, 4.69) is 5.10 Å².